The molecule has 1 atom stereocenters. The molecule has 1 fully saturated rings. The van der Waals surface area contributed by atoms with Crippen molar-refractivity contribution in [3.63, 3.8) is 0 Å². The number of amides is 1. The highest BCUT2D eigenvalue weighted by molar-refractivity contribution is 7.89. The van der Waals surface area contributed by atoms with Gasteiger partial charge in [0, 0.05) is 26.7 Å². The number of hydrogen-bond donors (Lipinski definition) is 1. The van der Waals surface area contributed by atoms with Crippen LogP contribution < -0.4 is 5.32 Å². The fraction of sp³-hybridized carbons (Fsp3) is 0.556. The average molecular weight is 398 g/mol. The number of hydrogen-bond acceptors (Lipinski definition) is 6. The summed E-state index contributed by atoms with van der Waals surface area (Å²) in [4.78, 5) is 24.4. The third-order valence-electron chi connectivity index (χ3n) is 4.30. The minimum absolute atomic E-state index is 0.0698. The minimum atomic E-state index is -3.80. The SMILES string of the molecule is COCCNC(=O)[C@@H](C)OC(=O)c1ccccc1S(=O)(=O)N1CCCCC1. The Morgan fingerprint density at radius 2 is 1.85 bits per heavy atom. The van der Waals surface area contributed by atoms with E-state index in [4.69, 9.17) is 9.47 Å². The summed E-state index contributed by atoms with van der Waals surface area (Å²) in [7, 11) is -2.29. The molecule has 0 saturated carbocycles. The van der Waals surface area contributed by atoms with Gasteiger partial charge in [-0.2, -0.15) is 4.31 Å². The van der Waals surface area contributed by atoms with Crippen molar-refractivity contribution in [1.82, 2.24) is 9.62 Å². The first-order valence-corrected chi connectivity index (χ1v) is 10.4. The number of esters is 1. The second kappa shape index (κ2) is 9.82. The molecule has 8 nitrogen and oxygen atoms in total. The Hall–Kier alpha value is -1.97. The van der Waals surface area contributed by atoms with Crippen LogP contribution in [0.15, 0.2) is 29.2 Å². The molecule has 0 aliphatic carbocycles. The summed E-state index contributed by atoms with van der Waals surface area (Å²) >= 11 is 0. The van der Waals surface area contributed by atoms with Gasteiger partial charge >= 0.3 is 5.97 Å². The standard InChI is InChI=1S/C18H26N2O6S/c1-14(17(21)19-10-13-25-2)26-18(22)15-8-4-5-9-16(15)27(23,24)20-11-6-3-7-12-20/h4-5,8-9,14H,3,6-7,10-13H2,1-2H3,(H,19,21)/t14-/m1/s1. The van der Waals surface area contributed by atoms with Gasteiger partial charge in [0.2, 0.25) is 10.0 Å². The molecule has 1 heterocycles. The van der Waals surface area contributed by atoms with E-state index in [0.717, 1.165) is 19.3 Å². The van der Waals surface area contributed by atoms with Gasteiger partial charge in [0.05, 0.1) is 17.1 Å². The van der Waals surface area contributed by atoms with E-state index < -0.39 is 28.0 Å². The number of sulfonamides is 1. The smallest absolute Gasteiger partial charge is 0.340 e. The van der Waals surface area contributed by atoms with E-state index in [0.29, 0.717) is 19.7 Å². The van der Waals surface area contributed by atoms with Crippen molar-refractivity contribution in [3.05, 3.63) is 29.8 Å². The van der Waals surface area contributed by atoms with E-state index >= 15 is 0 Å². The van der Waals surface area contributed by atoms with Crippen LogP contribution in [0.1, 0.15) is 36.5 Å². The Bertz CT molecular complexity index is 759. The van der Waals surface area contributed by atoms with Crippen LogP contribution in [-0.4, -0.2) is 64.1 Å². The fourth-order valence-electron chi connectivity index (χ4n) is 2.80. The van der Waals surface area contributed by atoms with E-state index in [9.17, 15) is 18.0 Å². The lowest BCUT2D eigenvalue weighted by Crippen LogP contribution is -2.38. The van der Waals surface area contributed by atoms with Gasteiger partial charge in [0.15, 0.2) is 6.10 Å². The van der Waals surface area contributed by atoms with Crippen LogP contribution in [0.3, 0.4) is 0 Å². The van der Waals surface area contributed by atoms with Crippen molar-refractivity contribution in [1.29, 1.82) is 0 Å². The van der Waals surface area contributed by atoms with E-state index in [-0.39, 0.29) is 17.0 Å². The zero-order chi connectivity index (χ0) is 19.9. The molecule has 0 aromatic heterocycles. The lowest BCUT2D eigenvalue weighted by atomic mass is 10.2. The Morgan fingerprint density at radius 1 is 1.19 bits per heavy atom. The molecule has 1 aromatic carbocycles. The maximum absolute atomic E-state index is 12.9. The van der Waals surface area contributed by atoms with E-state index in [1.807, 2.05) is 0 Å². The van der Waals surface area contributed by atoms with Crippen molar-refractivity contribution < 1.29 is 27.5 Å². The lowest BCUT2D eigenvalue weighted by molar-refractivity contribution is -0.129. The van der Waals surface area contributed by atoms with Crippen molar-refractivity contribution in [2.75, 3.05) is 33.4 Å². The van der Waals surface area contributed by atoms with Gasteiger partial charge in [-0.3, -0.25) is 4.79 Å². The minimum Gasteiger partial charge on any atom is -0.449 e. The van der Waals surface area contributed by atoms with Gasteiger partial charge < -0.3 is 14.8 Å². The highest BCUT2D eigenvalue weighted by Crippen LogP contribution is 2.24. The fourth-order valence-corrected chi connectivity index (χ4v) is 4.50. The quantitative estimate of drug-likeness (QED) is 0.521. The van der Waals surface area contributed by atoms with E-state index in [1.165, 1.54) is 30.5 Å². The molecule has 150 valence electrons. The molecular formula is C18H26N2O6S. The summed E-state index contributed by atoms with van der Waals surface area (Å²) in [5.41, 5.74) is -0.0698. The molecule has 1 aliphatic rings. The Labute approximate surface area is 159 Å². The van der Waals surface area contributed by atoms with Gasteiger partial charge in [0.25, 0.3) is 5.91 Å². The number of rotatable bonds is 8. The summed E-state index contributed by atoms with van der Waals surface area (Å²) in [5, 5.41) is 2.57. The van der Waals surface area contributed by atoms with Gasteiger partial charge in [-0.15, -0.1) is 0 Å². The second-order valence-electron chi connectivity index (χ2n) is 6.29. The molecule has 0 bridgehead atoms. The first-order valence-electron chi connectivity index (χ1n) is 8.94. The number of nitrogens with zero attached hydrogens (tertiary/aromatic N) is 1. The summed E-state index contributed by atoms with van der Waals surface area (Å²) in [6, 6.07) is 5.92. The number of benzene rings is 1. The van der Waals surface area contributed by atoms with Crippen LogP contribution in [0, 0.1) is 0 Å². The first kappa shape index (κ1) is 21.3. The topological polar surface area (TPSA) is 102 Å². The number of methoxy groups -OCH3 is 1. The zero-order valence-electron chi connectivity index (χ0n) is 15.6. The average Bonchev–Trinajstić information content (AvgIpc) is 2.68. The Kier molecular flexibility index (Phi) is 7.76. The van der Waals surface area contributed by atoms with Gasteiger partial charge in [-0.25, -0.2) is 13.2 Å². The van der Waals surface area contributed by atoms with Gasteiger partial charge in [-0.05, 0) is 31.9 Å². The predicted molar refractivity (Wildman–Crippen MR) is 98.8 cm³/mol. The van der Waals surface area contributed by atoms with Gasteiger partial charge in [0.1, 0.15) is 0 Å². The molecule has 9 heteroatoms. The third kappa shape index (κ3) is 5.50. The summed E-state index contributed by atoms with van der Waals surface area (Å²) in [6.45, 7) is 2.93. The van der Waals surface area contributed by atoms with Crippen LogP contribution >= 0.6 is 0 Å². The van der Waals surface area contributed by atoms with Crippen molar-refractivity contribution in [2.45, 2.75) is 37.2 Å². The van der Waals surface area contributed by atoms with Crippen molar-refractivity contribution >= 4 is 21.9 Å². The Morgan fingerprint density at radius 3 is 2.52 bits per heavy atom. The van der Waals surface area contributed by atoms with Crippen molar-refractivity contribution in [2.24, 2.45) is 0 Å². The number of carbonyl (C=O) groups excluding carboxylic acids is 2. The van der Waals surface area contributed by atoms with Crippen LogP contribution in [0.2, 0.25) is 0 Å². The second-order valence-corrected chi connectivity index (χ2v) is 8.20. The molecule has 1 amide bonds. The van der Waals surface area contributed by atoms with Crippen molar-refractivity contribution in [3.8, 4) is 0 Å². The zero-order valence-corrected chi connectivity index (χ0v) is 16.5. The van der Waals surface area contributed by atoms with Gasteiger partial charge in [-0.1, -0.05) is 18.6 Å². The molecule has 0 spiro atoms. The molecule has 1 aliphatic heterocycles. The highest BCUT2D eigenvalue weighted by atomic mass is 32.2. The Balaban J connectivity index is 2.14. The summed E-state index contributed by atoms with van der Waals surface area (Å²) < 4.78 is 37.3. The maximum Gasteiger partial charge on any atom is 0.340 e. The highest BCUT2D eigenvalue weighted by Gasteiger charge is 2.31. The molecule has 27 heavy (non-hydrogen) atoms. The maximum atomic E-state index is 12.9. The molecule has 0 radical (unpaired) electrons. The predicted octanol–water partition coefficient (Wildman–Crippen LogP) is 1.17. The summed E-state index contributed by atoms with van der Waals surface area (Å²) in [5.74, 6) is -1.32. The summed E-state index contributed by atoms with van der Waals surface area (Å²) in [6.07, 6.45) is 1.53. The van der Waals surface area contributed by atoms with Crippen LogP contribution in [-0.2, 0) is 24.3 Å². The third-order valence-corrected chi connectivity index (χ3v) is 6.26. The molecule has 1 aromatic rings. The molecule has 1 saturated heterocycles. The molecule has 1 N–H and O–H groups in total. The van der Waals surface area contributed by atoms with Crippen LogP contribution in [0.4, 0.5) is 0 Å². The molecule has 2 rings (SSSR count). The number of carbonyl (C=O) groups is 2. The normalized spacial score (nSPS) is 16.5. The van der Waals surface area contributed by atoms with E-state index in [1.54, 1.807) is 12.1 Å². The lowest BCUT2D eigenvalue weighted by Gasteiger charge is -2.26. The monoisotopic (exact) mass is 398 g/mol. The van der Waals surface area contributed by atoms with Crippen LogP contribution in [0.25, 0.3) is 0 Å². The number of ether oxygens (including phenoxy) is 2. The number of piperidine rings is 1. The number of nitrogens with one attached hydrogen (secondary N) is 1. The van der Waals surface area contributed by atoms with Crippen LogP contribution in [0.5, 0.6) is 0 Å². The molecule has 0 unspecified atom stereocenters. The molecular weight excluding hydrogens is 372 g/mol. The first-order chi connectivity index (χ1) is 12.9. The van der Waals surface area contributed by atoms with E-state index in [2.05, 4.69) is 5.32 Å². The largest absolute Gasteiger partial charge is 0.449 e.